The van der Waals surface area contributed by atoms with Crippen LogP contribution in [0.1, 0.15) is 245 Å². The molecular formula is C52H92O6. The van der Waals surface area contributed by atoms with Crippen LogP contribution in [-0.4, -0.2) is 37.2 Å². The first-order chi connectivity index (χ1) is 28.5. The second kappa shape index (κ2) is 47.1. The fraction of sp³-hybridized carbons (Fsp3) is 0.788. The SMILES string of the molecule is CCCCC/C=C\CCCCCCCC(=O)OC(COC(=O)CCCCCCC)COC(=O)CCCCCCCCCC/C=C\C/C=C\C/C=C\CCCCCCC. The number of hydrogen-bond donors (Lipinski definition) is 0. The lowest BCUT2D eigenvalue weighted by Gasteiger charge is -2.18. The average Bonchev–Trinajstić information content (AvgIpc) is 3.22. The highest BCUT2D eigenvalue weighted by Gasteiger charge is 2.19. The fourth-order valence-electron chi connectivity index (χ4n) is 6.80. The van der Waals surface area contributed by atoms with Crippen molar-refractivity contribution in [3.05, 3.63) is 48.6 Å². The summed E-state index contributed by atoms with van der Waals surface area (Å²) in [5.41, 5.74) is 0. The van der Waals surface area contributed by atoms with Gasteiger partial charge in [0.15, 0.2) is 6.10 Å². The highest BCUT2D eigenvalue weighted by atomic mass is 16.6. The van der Waals surface area contributed by atoms with Crippen molar-refractivity contribution in [3.63, 3.8) is 0 Å². The second-order valence-electron chi connectivity index (χ2n) is 16.4. The molecule has 0 N–H and O–H groups in total. The van der Waals surface area contributed by atoms with E-state index < -0.39 is 6.10 Å². The smallest absolute Gasteiger partial charge is 0.306 e. The highest BCUT2D eigenvalue weighted by Crippen LogP contribution is 2.14. The van der Waals surface area contributed by atoms with Crippen LogP contribution in [-0.2, 0) is 28.6 Å². The Kier molecular flexibility index (Phi) is 44.9. The number of esters is 3. The first kappa shape index (κ1) is 55.4. The van der Waals surface area contributed by atoms with Gasteiger partial charge in [-0.3, -0.25) is 14.4 Å². The number of hydrogen-bond acceptors (Lipinski definition) is 6. The van der Waals surface area contributed by atoms with Gasteiger partial charge in [-0.25, -0.2) is 0 Å². The molecule has 0 radical (unpaired) electrons. The van der Waals surface area contributed by atoms with Crippen molar-refractivity contribution >= 4 is 17.9 Å². The Morgan fingerprint density at radius 1 is 0.345 bits per heavy atom. The van der Waals surface area contributed by atoms with Gasteiger partial charge < -0.3 is 14.2 Å². The maximum absolute atomic E-state index is 12.7. The van der Waals surface area contributed by atoms with Crippen molar-refractivity contribution in [2.24, 2.45) is 0 Å². The Morgan fingerprint density at radius 2 is 0.621 bits per heavy atom. The minimum absolute atomic E-state index is 0.0795. The van der Waals surface area contributed by atoms with Crippen LogP contribution in [0.2, 0.25) is 0 Å². The van der Waals surface area contributed by atoms with Crippen molar-refractivity contribution in [1.29, 1.82) is 0 Å². The monoisotopic (exact) mass is 813 g/mol. The van der Waals surface area contributed by atoms with Crippen LogP contribution >= 0.6 is 0 Å². The summed E-state index contributed by atoms with van der Waals surface area (Å²) >= 11 is 0. The van der Waals surface area contributed by atoms with Crippen molar-refractivity contribution in [3.8, 4) is 0 Å². The molecule has 0 aromatic carbocycles. The van der Waals surface area contributed by atoms with E-state index >= 15 is 0 Å². The van der Waals surface area contributed by atoms with Crippen LogP contribution in [0.5, 0.6) is 0 Å². The molecule has 0 aliphatic carbocycles. The summed E-state index contributed by atoms with van der Waals surface area (Å²) in [7, 11) is 0. The van der Waals surface area contributed by atoms with E-state index in [1.54, 1.807) is 0 Å². The third-order valence-corrected chi connectivity index (χ3v) is 10.6. The Morgan fingerprint density at radius 3 is 1.02 bits per heavy atom. The molecule has 0 amide bonds. The van der Waals surface area contributed by atoms with E-state index in [0.29, 0.717) is 19.3 Å². The van der Waals surface area contributed by atoms with Gasteiger partial charge in [0.1, 0.15) is 13.2 Å². The lowest BCUT2D eigenvalue weighted by Crippen LogP contribution is -2.30. The maximum Gasteiger partial charge on any atom is 0.306 e. The molecule has 0 aromatic heterocycles. The molecule has 0 bridgehead atoms. The zero-order valence-electron chi connectivity index (χ0n) is 38.3. The van der Waals surface area contributed by atoms with Crippen molar-refractivity contribution < 1.29 is 28.6 Å². The Balaban J connectivity index is 4.13. The Labute approximate surface area is 358 Å². The van der Waals surface area contributed by atoms with Gasteiger partial charge in [0.25, 0.3) is 0 Å². The van der Waals surface area contributed by atoms with E-state index in [4.69, 9.17) is 14.2 Å². The van der Waals surface area contributed by atoms with Crippen LogP contribution in [0.25, 0.3) is 0 Å². The number of rotatable bonds is 44. The van der Waals surface area contributed by atoms with Gasteiger partial charge in [-0.15, -0.1) is 0 Å². The lowest BCUT2D eigenvalue weighted by atomic mass is 10.1. The molecule has 0 fully saturated rings. The zero-order valence-corrected chi connectivity index (χ0v) is 38.3. The standard InChI is InChI=1S/C52H92O6/c1-4-7-10-13-15-17-19-21-22-23-24-25-26-27-28-29-30-31-33-34-36-39-42-45-51(54)57-48-49(47-56-50(53)44-41-38-12-9-6-3)58-52(55)46-43-40-37-35-32-20-18-16-14-11-8-5-2/h16,18-19,21,23-24,26-27,49H,4-15,17,20,22,25,28-48H2,1-3H3/b18-16-,21-19-,24-23-,27-26-. The Hall–Kier alpha value is -2.63. The number of unbranched alkanes of at least 4 members (excludes halogenated alkanes) is 25. The van der Waals surface area contributed by atoms with Crippen molar-refractivity contribution in [1.82, 2.24) is 0 Å². The summed E-state index contributed by atoms with van der Waals surface area (Å²) in [4.78, 5) is 37.5. The largest absolute Gasteiger partial charge is 0.462 e. The second-order valence-corrected chi connectivity index (χ2v) is 16.4. The van der Waals surface area contributed by atoms with Gasteiger partial charge in [-0.05, 0) is 83.5 Å². The van der Waals surface area contributed by atoms with Crippen LogP contribution in [0.3, 0.4) is 0 Å². The van der Waals surface area contributed by atoms with Gasteiger partial charge in [-0.2, -0.15) is 0 Å². The van der Waals surface area contributed by atoms with Gasteiger partial charge in [-0.1, -0.05) is 191 Å². The molecule has 0 aliphatic heterocycles. The third kappa shape index (κ3) is 44.5. The lowest BCUT2D eigenvalue weighted by molar-refractivity contribution is -0.167. The molecule has 1 unspecified atom stereocenters. The molecule has 336 valence electrons. The Bertz CT molecular complexity index is 1030. The van der Waals surface area contributed by atoms with Gasteiger partial charge in [0.05, 0.1) is 0 Å². The molecule has 0 heterocycles. The van der Waals surface area contributed by atoms with Gasteiger partial charge in [0.2, 0.25) is 0 Å². The molecule has 6 nitrogen and oxygen atoms in total. The van der Waals surface area contributed by atoms with E-state index in [0.717, 1.165) is 96.3 Å². The van der Waals surface area contributed by atoms with Crippen molar-refractivity contribution in [2.75, 3.05) is 13.2 Å². The molecule has 0 spiro atoms. The summed E-state index contributed by atoms with van der Waals surface area (Å²) in [5, 5.41) is 0. The topological polar surface area (TPSA) is 78.9 Å². The molecule has 58 heavy (non-hydrogen) atoms. The predicted molar refractivity (Wildman–Crippen MR) is 247 cm³/mol. The first-order valence-corrected chi connectivity index (χ1v) is 24.6. The summed E-state index contributed by atoms with van der Waals surface area (Å²) in [6, 6.07) is 0. The van der Waals surface area contributed by atoms with Crippen LogP contribution in [0, 0.1) is 0 Å². The minimum Gasteiger partial charge on any atom is -0.462 e. The number of carbonyl (C=O) groups is 3. The zero-order chi connectivity index (χ0) is 42.3. The van der Waals surface area contributed by atoms with Gasteiger partial charge in [0, 0.05) is 19.3 Å². The van der Waals surface area contributed by atoms with Crippen LogP contribution < -0.4 is 0 Å². The van der Waals surface area contributed by atoms with E-state index in [1.165, 1.54) is 109 Å². The minimum atomic E-state index is -0.774. The summed E-state index contributed by atoms with van der Waals surface area (Å²) < 4.78 is 16.6. The van der Waals surface area contributed by atoms with Crippen molar-refractivity contribution in [2.45, 2.75) is 252 Å². The quantitative estimate of drug-likeness (QED) is 0.0264. The van der Waals surface area contributed by atoms with Crippen LogP contribution in [0.4, 0.5) is 0 Å². The summed E-state index contributed by atoms with van der Waals surface area (Å²) in [6.45, 7) is 6.50. The molecule has 0 aliphatic rings. The summed E-state index contributed by atoms with van der Waals surface area (Å²) in [6.07, 6.45) is 55.6. The van der Waals surface area contributed by atoms with E-state index in [-0.39, 0.29) is 31.1 Å². The molecular weight excluding hydrogens is 721 g/mol. The molecule has 1 atom stereocenters. The van der Waals surface area contributed by atoms with E-state index in [9.17, 15) is 14.4 Å². The molecule has 6 heteroatoms. The van der Waals surface area contributed by atoms with Crippen LogP contribution in [0.15, 0.2) is 48.6 Å². The normalized spacial score (nSPS) is 12.4. The number of ether oxygens (including phenoxy) is 3. The maximum atomic E-state index is 12.7. The molecule has 0 aromatic rings. The van der Waals surface area contributed by atoms with Gasteiger partial charge >= 0.3 is 17.9 Å². The number of allylic oxidation sites excluding steroid dienone is 8. The molecule has 0 saturated carbocycles. The fourth-order valence-corrected chi connectivity index (χ4v) is 6.80. The average molecular weight is 813 g/mol. The highest BCUT2D eigenvalue weighted by molar-refractivity contribution is 5.71. The third-order valence-electron chi connectivity index (χ3n) is 10.6. The summed E-state index contributed by atoms with van der Waals surface area (Å²) in [5.74, 6) is -0.909. The van der Waals surface area contributed by atoms with E-state index in [1.807, 2.05) is 0 Å². The predicted octanol–water partition coefficient (Wildman–Crippen LogP) is 15.9. The first-order valence-electron chi connectivity index (χ1n) is 24.6. The number of carbonyl (C=O) groups excluding carboxylic acids is 3. The molecule has 0 saturated heterocycles. The molecule has 0 rings (SSSR count). The van der Waals surface area contributed by atoms with E-state index in [2.05, 4.69) is 69.4 Å².